The third-order valence-electron chi connectivity index (χ3n) is 4.11. The van der Waals surface area contributed by atoms with E-state index in [4.69, 9.17) is 14.6 Å². The Morgan fingerprint density at radius 2 is 1.84 bits per heavy atom. The molecule has 0 unspecified atom stereocenters. The van der Waals surface area contributed by atoms with E-state index in [0.717, 1.165) is 4.90 Å². The van der Waals surface area contributed by atoms with Gasteiger partial charge in [-0.2, -0.15) is 0 Å². The fourth-order valence-corrected chi connectivity index (χ4v) is 3.50. The van der Waals surface area contributed by atoms with Crippen LogP contribution in [0.25, 0.3) is 6.08 Å². The molecule has 3 amide bonds. The lowest BCUT2D eigenvalue weighted by Crippen LogP contribution is -2.36. The summed E-state index contributed by atoms with van der Waals surface area (Å²) in [5.74, 6) is -1.40. The molecule has 2 N–H and O–H groups in total. The molecule has 0 saturated carbocycles. The fourth-order valence-electron chi connectivity index (χ4n) is 2.67. The zero-order valence-corrected chi connectivity index (χ0v) is 17.2. The van der Waals surface area contributed by atoms with Crippen molar-refractivity contribution in [2.75, 3.05) is 25.6 Å². The number of imide groups is 1. The molecular formula is C21H18N2O7S. The average Bonchev–Trinajstić information content (AvgIpc) is 3.01. The number of rotatable bonds is 8. The number of carbonyl (C=O) groups excluding carboxylic acids is 3. The highest BCUT2D eigenvalue weighted by molar-refractivity contribution is 8.18. The van der Waals surface area contributed by atoms with Crippen LogP contribution in [0.15, 0.2) is 53.4 Å². The molecule has 2 aromatic rings. The first-order valence-electron chi connectivity index (χ1n) is 9.00. The summed E-state index contributed by atoms with van der Waals surface area (Å²) in [5.41, 5.74) is 0.940. The Morgan fingerprint density at radius 3 is 2.52 bits per heavy atom. The van der Waals surface area contributed by atoms with Gasteiger partial charge in [0.1, 0.15) is 18.0 Å². The molecule has 9 nitrogen and oxygen atoms in total. The highest BCUT2D eigenvalue weighted by Gasteiger charge is 2.36. The molecule has 0 radical (unpaired) electrons. The van der Waals surface area contributed by atoms with E-state index < -0.39 is 36.2 Å². The van der Waals surface area contributed by atoms with E-state index in [1.54, 1.807) is 48.5 Å². The van der Waals surface area contributed by atoms with Crippen LogP contribution in [0.3, 0.4) is 0 Å². The first-order valence-corrected chi connectivity index (χ1v) is 9.82. The summed E-state index contributed by atoms with van der Waals surface area (Å²) in [6.07, 6.45) is 1.43. The summed E-state index contributed by atoms with van der Waals surface area (Å²) >= 11 is 0.693. The molecule has 0 spiro atoms. The molecule has 1 fully saturated rings. The maximum absolute atomic E-state index is 12.7. The van der Waals surface area contributed by atoms with Gasteiger partial charge in [0.2, 0.25) is 5.91 Å². The van der Waals surface area contributed by atoms with Gasteiger partial charge in [-0.25, -0.2) is 4.79 Å². The topological polar surface area (TPSA) is 122 Å². The van der Waals surface area contributed by atoms with E-state index in [2.05, 4.69) is 5.32 Å². The van der Waals surface area contributed by atoms with Crippen molar-refractivity contribution in [3.8, 4) is 11.5 Å². The second kappa shape index (κ2) is 9.81. The summed E-state index contributed by atoms with van der Waals surface area (Å²) in [6, 6.07) is 13.1. The van der Waals surface area contributed by atoms with E-state index in [9.17, 15) is 19.2 Å². The number of nitrogens with zero attached hydrogens (tertiary/aromatic N) is 1. The summed E-state index contributed by atoms with van der Waals surface area (Å²) in [4.78, 5) is 48.9. The van der Waals surface area contributed by atoms with Gasteiger partial charge in [0.25, 0.3) is 11.1 Å². The summed E-state index contributed by atoms with van der Waals surface area (Å²) in [5, 5.41) is 10.8. The van der Waals surface area contributed by atoms with Gasteiger partial charge in [-0.15, -0.1) is 0 Å². The van der Waals surface area contributed by atoms with Gasteiger partial charge in [-0.1, -0.05) is 18.2 Å². The number of hydrogen-bond donors (Lipinski definition) is 2. The second-order valence-corrected chi connectivity index (χ2v) is 7.26. The zero-order valence-electron chi connectivity index (χ0n) is 16.4. The Balaban J connectivity index is 1.69. The molecule has 1 saturated heterocycles. The van der Waals surface area contributed by atoms with E-state index in [-0.39, 0.29) is 10.7 Å². The second-order valence-electron chi connectivity index (χ2n) is 6.26. The number of carbonyl (C=O) groups is 4. The Morgan fingerprint density at radius 1 is 1.13 bits per heavy atom. The lowest BCUT2D eigenvalue weighted by Gasteiger charge is -2.12. The van der Waals surface area contributed by atoms with Gasteiger partial charge in [-0.05, 0) is 48.2 Å². The largest absolute Gasteiger partial charge is 0.497 e. The first-order chi connectivity index (χ1) is 14.9. The van der Waals surface area contributed by atoms with Crippen LogP contribution in [0, 0.1) is 0 Å². The van der Waals surface area contributed by atoms with Gasteiger partial charge >= 0.3 is 5.97 Å². The van der Waals surface area contributed by atoms with Crippen molar-refractivity contribution in [3.05, 3.63) is 59.0 Å². The monoisotopic (exact) mass is 442 g/mol. The minimum Gasteiger partial charge on any atom is -0.497 e. The number of para-hydroxylation sites is 1. The van der Waals surface area contributed by atoms with Crippen LogP contribution in [0.4, 0.5) is 10.5 Å². The maximum Gasteiger partial charge on any atom is 0.341 e. The molecule has 0 atom stereocenters. The van der Waals surface area contributed by atoms with Crippen molar-refractivity contribution < 1.29 is 33.8 Å². The van der Waals surface area contributed by atoms with Gasteiger partial charge < -0.3 is 19.9 Å². The van der Waals surface area contributed by atoms with Crippen LogP contribution in [-0.4, -0.2) is 53.3 Å². The third kappa shape index (κ3) is 5.64. The number of amides is 3. The number of hydrogen-bond acceptors (Lipinski definition) is 7. The van der Waals surface area contributed by atoms with E-state index >= 15 is 0 Å². The minimum absolute atomic E-state index is 0.105. The highest BCUT2D eigenvalue weighted by Crippen LogP contribution is 2.34. The average molecular weight is 442 g/mol. The van der Waals surface area contributed by atoms with Gasteiger partial charge in [-0.3, -0.25) is 19.3 Å². The first kappa shape index (κ1) is 21.9. The van der Waals surface area contributed by atoms with Crippen molar-refractivity contribution in [2.45, 2.75) is 0 Å². The Hall–Kier alpha value is -3.79. The van der Waals surface area contributed by atoms with Crippen LogP contribution in [0.5, 0.6) is 11.5 Å². The van der Waals surface area contributed by atoms with Crippen molar-refractivity contribution in [1.82, 2.24) is 4.90 Å². The normalized spacial score (nSPS) is 14.6. The lowest BCUT2D eigenvalue weighted by molar-refractivity contribution is -0.139. The van der Waals surface area contributed by atoms with Gasteiger partial charge in [0, 0.05) is 11.3 Å². The molecule has 0 bridgehead atoms. The number of carboxylic acid groups (broad SMARTS) is 1. The van der Waals surface area contributed by atoms with E-state index in [0.29, 0.717) is 28.8 Å². The molecule has 1 aliphatic heterocycles. The standard InChI is InChI=1S/C21H18N2O7S/c1-29-15-8-6-14(7-9-15)22-18(24)11-23-20(27)17(31-21(23)28)10-13-4-2-3-5-16(13)30-12-19(25)26/h2-10H,11-12H2,1H3,(H,22,24)(H,25,26)/b17-10+. The molecule has 1 heterocycles. The minimum atomic E-state index is -1.14. The summed E-state index contributed by atoms with van der Waals surface area (Å²) < 4.78 is 10.3. The number of ether oxygens (including phenoxy) is 2. The van der Waals surface area contributed by atoms with Crippen molar-refractivity contribution in [1.29, 1.82) is 0 Å². The smallest absolute Gasteiger partial charge is 0.341 e. The van der Waals surface area contributed by atoms with Crippen LogP contribution in [0.1, 0.15) is 5.56 Å². The number of benzene rings is 2. The number of carboxylic acids is 1. The zero-order chi connectivity index (χ0) is 22.4. The maximum atomic E-state index is 12.7. The molecular weight excluding hydrogens is 424 g/mol. The summed E-state index contributed by atoms with van der Waals surface area (Å²) in [7, 11) is 1.53. The molecule has 3 rings (SSSR count). The molecule has 0 aliphatic carbocycles. The predicted molar refractivity (Wildman–Crippen MR) is 114 cm³/mol. The van der Waals surface area contributed by atoms with Crippen molar-refractivity contribution in [3.63, 3.8) is 0 Å². The fraction of sp³-hybridized carbons (Fsp3) is 0.143. The van der Waals surface area contributed by atoms with E-state index in [1.807, 2.05) is 0 Å². The molecule has 31 heavy (non-hydrogen) atoms. The Kier molecular flexibility index (Phi) is 6.93. The Bertz CT molecular complexity index is 1050. The third-order valence-corrected chi connectivity index (χ3v) is 5.01. The number of methoxy groups -OCH3 is 1. The van der Waals surface area contributed by atoms with Gasteiger partial charge in [0.05, 0.1) is 12.0 Å². The number of nitrogens with one attached hydrogen (secondary N) is 1. The van der Waals surface area contributed by atoms with Crippen LogP contribution in [-0.2, 0) is 14.4 Å². The highest BCUT2D eigenvalue weighted by atomic mass is 32.2. The number of thioether (sulfide) groups is 1. The molecule has 1 aliphatic rings. The van der Waals surface area contributed by atoms with Crippen LogP contribution >= 0.6 is 11.8 Å². The molecule has 0 aromatic heterocycles. The number of aliphatic carboxylic acids is 1. The molecule has 2 aromatic carbocycles. The Labute approximate surface area is 181 Å². The molecule has 160 valence electrons. The van der Waals surface area contributed by atoms with Gasteiger partial charge in [0.15, 0.2) is 6.61 Å². The number of anilines is 1. The predicted octanol–water partition coefficient (Wildman–Crippen LogP) is 2.83. The van der Waals surface area contributed by atoms with E-state index in [1.165, 1.54) is 13.2 Å². The summed E-state index contributed by atoms with van der Waals surface area (Å²) in [6.45, 7) is -0.983. The molecule has 10 heteroatoms. The van der Waals surface area contributed by atoms with Crippen LogP contribution < -0.4 is 14.8 Å². The van der Waals surface area contributed by atoms with Crippen molar-refractivity contribution >= 4 is 46.5 Å². The SMILES string of the molecule is COc1ccc(NC(=O)CN2C(=O)S/C(=C/c3ccccc3OCC(=O)O)C2=O)cc1. The van der Waals surface area contributed by atoms with Crippen molar-refractivity contribution in [2.24, 2.45) is 0 Å². The lowest BCUT2D eigenvalue weighted by atomic mass is 10.2. The van der Waals surface area contributed by atoms with Crippen LogP contribution in [0.2, 0.25) is 0 Å². The quantitative estimate of drug-likeness (QED) is 0.599.